The summed E-state index contributed by atoms with van der Waals surface area (Å²) in [6, 6.07) is -0.497. The molecule has 96 valence electrons. The Hall–Kier alpha value is -0.220. The van der Waals surface area contributed by atoms with E-state index >= 15 is 0 Å². The van der Waals surface area contributed by atoms with Gasteiger partial charge in [-0.15, -0.1) is 0 Å². The second-order valence-electron chi connectivity index (χ2n) is 4.15. The van der Waals surface area contributed by atoms with Gasteiger partial charge in [0.2, 0.25) is 0 Å². The first-order valence-corrected chi connectivity index (χ1v) is 6.92. The summed E-state index contributed by atoms with van der Waals surface area (Å²) in [5, 5.41) is 11.8. The van der Waals surface area contributed by atoms with Crippen LogP contribution >= 0.6 is 12.6 Å². The molecule has 0 aliphatic rings. The number of hydrogen-bond donors (Lipinski definition) is 3. The first-order valence-electron chi connectivity index (χ1n) is 6.29. The molecule has 1 atom stereocenters. The van der Waals surface area contributed by atoms with Gasteiger partial charge in [0.15, 0.2) is 0 Å². The molecule has 2 N–H and O–H groups in total. The molecule has 0 unspecified atom stereocenters. The van der Waals surface area contributed by atoms with Crippen molar-refractivity contribution in [3.05, 3.63) is 0 Å². The van der Waals surface area contributed by atoms with E-state index in [0.717, 1.165) is 13.0 Å². The van der Waals surface area contributed by atoms with Gasteiger partial charge in [-0.05, 0) is 13.0 Å². The van der Waals surface area contributed by atoms with Crippen molar-refractivity contribution in [2.75, 3.05) is 12.3 Å². The van der Waals surface area contributed by atoms with Gasteiger partial charge in [0.05, 0.1) is 0 Å². The molecule has 0 spiro atoms. The smallest absolute Gasteiger partial charge is 0.321 e. The Morgan fingerprint density at radius 1 is 1.19 bits per heavy atom. The molecule has 16 heavy (non-hydrogen) atoms. The highest BCUT2D eigenvalue weighted by Crippen LogP contribution is 2.06. The maximum absolute atomic E-state index is 10.7. The molecule has 0 aromatic heterocycles. The number of hydrogen-bond acceptors (Lipinski definition) is 3. The highest BCUT2D eigenvalue weighted by Gasteiger charge is 2.13. The molecule has 3 nitrogen and oxygen atoms in total. The van der Waals surface area contributed by atoms with Crippen molar-refractivity contribution in [3.63, 3.8) is 0 Å². The van der Waals surface area contributed by atoms with E-state index < -0.39 is 12.0 Å². The Labute approximate surface area is 104 Å². The van der Waals surface area contributed by atoms with Crippen molar-refractivity contribution >= 4 is 18.6 Å². The summed E-state index contributed by atoms with van der Waals surface area (Å²) in [6.07, 6.45) is 8.77. The Kier molecular flexibility index (Phi) is 11.1. The van der Waals surface area contributed by atoms with E-state index in [4.69, 9.17) is 5.11 Å². The average molecular weight is 247 g/mol. The van der Waals surface area contributed by atoms with Crippen LogP contribution in [0.2, 0.25) is 0 Å². The normalized spacial score (nSPS) is 12.6. The molecule has 0 aliphatic carbocycles. The molecule has 0 heterocycles. The third-order valence-electron chi connectivity index (χ3n) is 2.65. The second-order valence-corrected chi connectivity index (χ2v) is 4.51. The molecule has 0 aromatic carbocycles. The Morgan fingerprint density at radius 2 is 1.75 bits per heavy atom. The van der Waals surface area contributed by atoms with Crippen LogP contribution in [0.1, 0.15) is 51.9 Å². The van der Waals surface area contributed by atoms with Crippen molar-refractivity contribution in [2.24, 2.45) is 0 Å². The van der Waals surface area contributed by atoms with Crippen LogP contribution in [-0.2, 0) is 4.79 Å². The molecule has 0 amide bonds. The first-order chi connectivity index (χ1) is 7.72. The van der Waals surface area contributed by atoms with Crippen LogP contribution in [0.3, 0.4) is 0 Å². The third kappa shape index (κ3) is 9.04. The van der Waals surface area contributed by atoms with E-state index in [0.29, 0.717) is 5.75 Å². The number of carbonyl (C=O) groups is 1. The van der Waals surface area contributed by atoms with E-state index in [2.05, 4.69) is 24.9 Å². The van der Waals surface area contributed by atoms with Crippen molar-refractivity contribution in [3.8, 4) is 0 Å². The SMILES string of the molecule is CCCCCCCCCN[C@H](CS)C(=O)O. The van der Waals surface area contributed by atoms with Gasteiger partial charge in [0.25, 0.3) is 0 Å². The largest absolute Gasteiger partial charge is 0.480 e. The number of unbranched alkanes of at least 4 members (excludes halogenated alkanes) is 6. The monoisotopic (exact) mass is 247 g/mol. The summed E-state index contributed by atoms with van der Waals surface area (Å²) >= 11 is 3.99. The predicted molar refractivity (Wildman–Crippen MR) is 71.3 cm³/mol. The molecule has 0 aliphatic heterocycles. The number of carboxylic acid groups (broad SMARTS) is 1. The van der Waals surface area contributed by atoms with Crippen molar-refractivity contribution < 1.29 is 9.90 Å². The second kappa shape index (κ2) is 11.3. The Bertz CT molecular complexity index is 176. The van der Waals surface area contributed by atoms with Crippen molar-refractivity contribution in [1.29, 1.82) is 0 Å². The van der Waals surface area contributed by atoms with Crippen molar-refractivity contribution in [2.45, 2.75) is 57.9 Å². The molecule has 0 saturated heterocycles. The van der Waals surface area contributed by atoms with Gasteiger partial charge in [-0.1, -0.05) is 45.4 Å². The average Bonchev–Trinajstić information content (AvgIpc) is 2.26. The first kappa shape index (κ1) is 15.8. The van der Waals surface area contributed by atoms with Gasteiger partial charge in [-0.2, -0.15) is 12.6 Å². The molecule has 0 fully saturated rings. The van der Waals surface area contributed by atoms with Gasteiger partial charge in [0.1, 0.15) is 6.04 Å². The van der Waals surface area contributed by atoms with Crippen molar-refractivity contribution in [1.82, 2.24) is 5.32 Å². The maximum Gasteiger partial charge on any atom is 0.321 e. The third-order valence-corrected chi connectivity index (χ3v) is 3.02. The summed E-state index contributed by atoms with van der Waals surface area (Å²) < 4.78 is 0. The molecule has 4 heteroatoms. The lowest BCUT2D eigenvalue weighted by molar-refractivity contribution is -0.138. The van der Waals surface area contributed by atoms with Crippen LogP contribution < -0.4 is 5.32 Å². The number of nitrogens with one attached hydrogen (secondary N) is 1. The standard InChI is InChI=1S/C12H25NO2S/c1-2-3-4-5-6-7-8-9-13-11(10-16)12(14)15/h11,13,16H,2-10H2,1H3,(H,14,15)/t11-/m1/s1. The van der Waals surface area contributed by atoms with E-state index in [9.17, 15) is 4.79 Å². The summed E-state index contributed by atoms with van der Waals surface area (Å²) in [5.41, 5.74) is 0. The Balaban J connectivity index is 3.22. The predicted octanol–water partition coefficient (Wildman–Crippen LogP) is 2.71. The minimum absolute atomic E-state index is 0.353. The zero-order chi connectivity index (χ0) is 12.2. The molecule has 0 radical (unpaired) electrons. The lowest BCUT2D eigenvalue weighted by Crippen LogP contribution is -2.38. The fourth-order valence-corrected chi connectivity index (χ4v) is 1.87. The molecular formula is C12H25NO2S. The molecule has 0 aromatic rings. The fraction of sp³-hybridized carbons (Fsp3) is 0.917. The van der Waals surface area contributed by atoms with Gasteiger partial charge < -0.3 is 10.4 Å². The number of aliphatic carboxylic acids is 1. The number of thiol groups is 1. The highest BCUT2D eigenvalue weighted by molar-refractivity contribution is 7.80. The van der Waals surface area contributed by atoms with E-state index in [1.807, 2.05) is 0 Å². The number of carboxylic acids is 1. The van der Waals surface area contributed by atoms with Crippen LogP contribution in [0.4, 0.5) is 0 Å². The van der Waals surface area contributed by atoms with Crippen LogP contribution in [0.25, 0.3) is 0 Å². The zero-order valence-corrected chi connectivity index (χ0v) is 11.1. The summed E-state index contributed by atoms with van der Waals surface area (Å²) in [4.78, 5) is 10.7. The number of rotatable bonds is 11. The highest BCUT2D eigenvalue weighted by atomic mass is 32.1. The van der Waals surface area contributed by atoms with Crippen LogP contribution in [0, 0.1) is 0 Å². The lowest BCUT2D eigenvalue weighted by atomic mass is 10.1. The van der Waals surface area contributed by atoms with Gasteiger partial charge in [-0.25, -0.2) is 0 Å². The van der Waals surface area contributed by atoms with Gasteiger partial charge >= 0.3 is 5.97 Å². The van der Waals surface area contributed by atoms with E-state index in [1.165, 1.54) is 38.5 Å². The lowest BCUT2D eigenvalue weighted by Gasteiger charge is -2.11. The molecular weight excluding hydrogens is 222 g/mol. The van der Waals surface area contributed by atoms with Crippen LogP contribution in [0.15, 0.2) is 0 Å². The Morgan fingerprint density at radius 3 is 2.25 bits per heavy atom. The quantitative estimate of drug-likeness (QED) is 0.389. The molecule has 0 rings (SSSR count). The minimum Gasteiger partial charge on any atom is -0.480 e. The summed E-state index contributed by atoms with van der Waals surface area (Å²) in [6.45, 7) is 3.00. The topological polar surface area (TPSA) is 49.3 Å². The van der Waals surface area contributed by atoms with E-state index in [-0.39, 0.29) is 0 Å². The summed E-state index contributed by atoms with van der Waals surface area (Å²) in [7, 11) is 0. The maximum atomic E-state index is 10.7. The summed E-state index contributed by atoms with van der Waals surface area (Å²) in [5.74, 6) is -0.454. The zero-order valence-electron chi connectivity index (χ0n) is 10.2. The fourth-order valence-electron chi connectivity index (χ4n) is 1.59. The van der Waals surface area contributed by atoms with E-state index in [1.54, 1.807) is 0 Å². The van der Waals surface area contributed by atoms with Gasteiger partial charge in [0, 0.05) is 5.75 Å². The van der Waals surface area contributed by atoms with Gasteiger partial charge in [-0.3, -0.25) is 4.79 Å². The van der Waals surface area contributed by atoms with Crippen LogP contribution in [0.5, 0.6) is 0 Å². The minimum atomic E-state index is -0.807. The van der Waals surface area contributed by atoms with Crippen LogP contribution in [-0.4, -0.2) is 29.4 Å². The molecule has 0 bridgehead atoms. The molecule has 0 saturated carbocycles.